The number of urea groups is 1. The fraction of sp³-hybridized carbons (Fsp3) is 0.0800. The molecule has 0 saturated heterocycles. The van der Waals surface area contributed by atoms with Crippen LogP contribution < -0.4 is 21.7 Å². The molecular formula is C25H20F3N7O3. The topological polar surface area (TPSA) is 155 Å². The molecule has 194 valence electrons. The van der Waals surface area contributed by atoms with Crippen LogP contribution in [0.15, 0.2) is 73.1 Å². The summed E-state index contributed by atoms with van der Waals surface area (Å²) < 4.78 is 38.1. The number of H-pyrrole nitrogens is 1. The Morgan fingerprint density at radius 2 is 1.45 bits per heavy atom. The van der Waals surface area contributed by atoms with Crippen molar-refractivity contribution in [1.29, 1.82) is 0 Å². The van der Waals surface area contributed by atoms with E-state index in [0.29, 0.717) is 17.1 Å². The maximum absolute atomic E-state index is 12.7. The predicted octanol–water partition coefficient (Wildman–Crippen LogP) is 4.41. The molecule has 10 nitrogen and oxygen atoms in total. The second-order valence-corrected chi connectivity index (χ2v) is 7.99. The zero-order valence-corrected chi connectivity index (χ0v) is 19.5. The number of aromatic nitrogens is 3. The molecule has 2 aromatic heterocycles. The van der Waals surface area contributed by atoms with Crippen LogP contribution in [0.2, 0.25) is 0 Å². The fourth-order valence-corrected chi connectivity index (χ4v) is 3.39. The number of anilines is 3. The lowest BCUT2D eigenvalue weighted by Gasteiger charge is -2.09. The van der Waals surface area contributed by atoms with Crippen LogP contribution in [0.1, 0.15) is 37.8 Å². The third-order valence-corrected chi connectivity index (χ3v) is 5.23. The Morgan fingerprint density at radius 1 is 0.842 bits per heavy atom. The van der Waals surface area contributed by atoms with Crippen LogP contribution in [0.3, 0.4) is 0 Å². The molecule has 0 bridgehead atoms. The number of rotatable bonds is 7. The minimum atomic E-state index is -4.50. The number of nitrogens with zero attached hydrogens (tertiary/aromatic N) is 2. The van der Waals surface area contributed by atoms with Gasteiger partial charge in [0.15, 0.2) is 5.82 Å². The first-order valence-electron chi connectivity index (χ1n) is 11.0. The first kappa shape index (κ1) is 25.9. The molecular weight excluding hydrogens is 503 g/mol. The lowest BCUT2D eigenvalue weighted by Crippen LogP contribution is -2.22. The van der Waals surface area contributed by atoms with Gasteiger partial charge in [0.1, 0.15) is 11.5 Å². The number of aromatic amines is 1. The van der Waals surface area contributed by atoms with Gasteiger partial charge < -0.3 is 21.4 Å². The zero-order valence-electron chi connectivity index (χ0n) is 19.5. The van der Waals surface area contributed by atoms with Gasteiger partial charge in [-0.1, -0.05) is 12.1 Å². The molecule has 4 aromatic rings. The van der Waals surface area contributed by atoms with Crippen molar-refractivity contribution in [3.8, 4) is 0 Å². The summed E-state index contributed by atoms with van der Waals surface area (Å²) in [6.45, 7) is 0. The summed E-state index contributed by atoms with van der Waals surface area (Å²) in [6.07, 6.45) is -1.23. The predicted molar refractivity (Wildman–Crippen MR) is 133 cm³/mol. The Labute approximate surface area is 213 Å². The van der Waals surface area contributed by atoms with Crippen molar-refractivity contribution in [3.05, 3.63) is 101 Å². The smallest absolute Gasteiger partial charge is 0.364 e. The van der Waals surface area contributed by atoms with E-state index < -0.39 is 23.7 Å². The quantitative estimate of drug-likeness (QED) is 0.243. The Hall–Kier alpha value is -5.20. The van der Waals surface area contributed by atoms with Crippen molar-refractivity contribution in [2.45, 2.75) is 12.6 Å². The number of primary amides is 1. The average Bonchev–Trinajstić information content (AvgIpc) is 3.27. The van der Waals surface area contributed by atoms with Crippen LogP contribution in [-0.2, 0) is 12.6 Å². The highest BCUT2D eigenvalue weighted by molar-refractivity contribution is 6.05. The number of pyridine rings is 1. The number of carbonyl (C=O) groups excluding carboxylic acids is 3. The second-order valence-electron chi connectivity index (χ2n) is 7.99. The van der Waals surface area contributed by atoms with Crippen LogP contribution in [0.25, 0.3) is 0 Å². The Bertz CT molecular complexity index is 1450. The third kappa shape index (κ3) is 6.51. The van der Waals surface area contributed by atoms with Crippen molar-refractivity contribution < 1.29 is 27.6 Å². The zero-order chi connectivity index (χ0) is 27.3. The Morgan fingerprint density at radius 3 is 2.05 bits per heavy atom. The highest BCUT2D eigenvalue weighted by Crippen LogP contribution is 2.29. The van der Waals surface area contributed by atoms with E-state index in [4.69, 9.17) is 5.73 Å². The van der Waals surface area contributed by atoms with Crippen molar-refractivity contribution in [2.24, 2.45) is 5.73 Å². The lowest BCUT2D eigenvalue weighted by molar-refractivity contribution is -0.137. The van der Waals surface area contributed by atoms with Gasteiger partial charge in [-0.2, -0.15) is 13.2 Å². The normalized spacial score (nSPS) is 11.0. The standard InChI is InChI=1S/C25H20F3N7O3/c26-25(27,28)16-3-7-18(8-4-16)32-24(38)35-22-20(21(29)36)33-19(34-22)13-14-1-5-17(6-2-14)31-23(37)15-9-11-30-12-10-15/h1-12H,13H2,(H2,29,36)(H,31,37)(H,33,34)(H2,32,35,38). The highest BCUT2D eigenvalue weighted by atomic mass is 19.4. The molecule has 6 N–H and O–H groups in total. The maximum Gasteiger partial charge on any atom is 0.416 e. The maximum atomic E-state index is 12.7. The molecule has 4 amide bonds. The molecule has 0 fully saturated rings. The molecule has 0 aliphatic rings. The first-order valence-corrected chi connectivity index (χ1v) is 11.0. The van der Waals surface area contributed by atoms with Gasteiger partial charge in [-0.15, -0.1) is 0 Å². The molecule has 0 spiro atoms. The van der Waals surface area contributed by atoms with E-state index in [1.807, 2.05) is 0 Å². The van der Waals surface area contributed by atoms with Gasteiger partial charge in [0, 0.05) is 35.8 Å². The minimum absolute atomic E-state index is 0.1000. The molecule has 2 heterocycles. The number of alkyl halides is 3. The molecule has 2 aromatic carbocycles. The van der Waals surface area contributed by atoms with E-state index in [0.717, 1.165) is 29.8 Å². The highest BCUT2D eigenvalue weighted by Gasteiger charge is 2.30. The Kier molecular flexibility index (Phi) is 7.37. The molecule has 0 unspecified atom stereocenters. The number of carbonyl (C=O) groups is 3. The van der Waals surface area contributed by atoms with Gasteiger partial charge in [-0.3, -0.25) is 19.9 Å². The summed E-state index contributed by atoms with van der Waals surface area (Å²) in [5.41, 5.74) is 6.28. The number of benzene rings is 2. The number of imidazole rings is 1. The number of hydrogen-bond acceptors (Lipinski definition) is 5. The van der Waals surface area contributed by atoms with Crippen LogP contribution in [0.4, 0.5) is 35.2 Å². The summed E-state index contributed by atoms with van der Waals surface area (Å²) >= 11 is 0. The van der Waals surface area contributed by atoms with E-state index in [9.17, 15) is 27.6 Å². The molecule has 0 aliphatic heterocycles. The van der Waals surface area contributed by atoms with Gasteiger partial charge in [-0.05, 0) is 54.1 Å². The van der Waals surface area contributed by atoms with E-state index in [2.05, 4.69) is 30.9 Å². The molecule has 13 heteroatoms. The molecule has 0 saturated carbocycles. The van der Waals surface area contributed by atoms with Gasteiger partial charge in [0.05, 0.1) is 5.56 Å². The largest absolute Gasteiger partial charge is 0.416 e. The number of nitrogens with two attached hydrogens (primary N) is 1. The number of halogens is 3. The summed E-state index contributed by atoms with van der Waals surface area (Å²) in [5.74, 6) is -0.985. The molecule has 4 rings (SSSR count). The van der Waals surface area contributed by atoms with E-state index in [1.54, 1.807) is 36.4 Å². The SMILES string of the molecule is NC(=O)c1[nH]c(Cc2ccc(NC(=O)c3ccncc3)cc2)nc1NC(=O)Nc1ccc(C(F)(F)F)cc1. The summed E-state index contributed by atoms with van der Waals surface area (Å²) in [7, 11) is 0. The van der Waals surface area contributed by atoms with Crippen LogP contribution in [-0.4, -0.2) is 32.8 Å². The van der Waals surface area contributed by atoms with Crippen LogP contribution >= 0.6 is 0 Å². The fourth-order valence-electron chi connectivity index (χ4n) is 3.39. The second kappa shape index (κ2) is 10.8. The number of hydrogen-bond donors (Lipinski definition) is 5. The third-order valence-electron chi connectivity index (χ3n) is 5.23. The molecule has 0 atom stereocenters. The van der Waals surface area contributed by atoms with Gasteiger partial charge in [0.2, 0.25) is 0 Å². The van der Waals surface area contributed by atoms with Gasteiger partial charge in [0.25, 0.3) is 11.8 Å². The van der Waals surface area contributed by atoms with E-state index >= 15 is 0 Å². The summed E-state index contributed by atoms with van der Waals surface area (Å²) in [5, 5.41) is 7.50. The van der Waals surface area contributed by atoms with Gasteiger partial charge in [-0.25, -0.2) is 9.78 Å². The molecule has 0 radical (unpaired) electrons. The van der Waals surface area contributed by atoms with Crippen molar-refractivity contribution in [3.63, 3.8) is 0 Å². The van der Waals surface area contributed by atoms with Crippen LogP contribution in [0.5, 0.6) is 0 Å². The van der Waals surface area contributed by atoms with Crippen molar-refractivity contribution >= 4 is 35.0 Å². The lowest BCUT2D eigenvalue weighted by atomic mass is 10.1. The molecule has 38 heavy (non-hydrogen) atoms. The number of amides is 4. The average molecular weight is 523 g/mol. The molecule has 0 aliphatic carbocycles. The van der Waals surface area contributed by atoms with Crippen molar-refractivity contribution in [1.82, 2.24) is 15.0 Å². The first-order chi connectivity index (χ1) is 18.1. The van der Waals surface area contributed by atoms with Gasteiger partial charge >= 0.3 is 12.2 Å². The minimum Gasteiger partial charge on any atom is -0.364 e. The van der Waals surface area contributed by atoms with Crippen molar-refractivity contribution in [2.75, 3.05) is 16.0 Å². The number of nitrogens with one attached hydrogen (secondary N) is 4. The van der Waals surface area contributed by atoms with Crippen LogP contribution in [0, 0.1) is 0 Å². The van der Waals surface area contributed by atoms with E-state index in [-0.39, 0.29) is 29.5 Å². The van der Waals surface area contributed by atoms with E-state index in [1.165, 1.54) is 12.4 Å². The monoisotopic (exact) mass is 523 g/mol. The Balaban J connectivity index is 1.40. The summed E-state index contributed by atoms with van der Waals surface area (Å²) in [4.78, 5) is 47.3. The summed E-state index contributed by atoms with van der Waals surface area (Å²) in [6, 6.07) is 13.1.